The molecule has 3 aromatic rings. The fourth-order valence-corrected chi connectivity index (χ4v) is 4.01. The maximum atomic E-state index is 13.2. The minimum atomic E-state index is -0.101. The molecule has 0 saturated carbocycles. The zero-order chi connectivity index (χ0) is 23.4. The van der Waals surface area contributed by atoms with Crippen LogP contribution in [-0.2, 0) is 13.2 Å². The van der Waals surface area contributed by atoms with Crippen molar-refractivity contribution in [1.29, 1.82) is 0 Å². The van der Waals surface area contributed by atoms with Crippen LogP contribution in [0.1, 0.15) is 38.5 Å². The zero-order valence-electron chi connectivity index (χ0n) is 19.8. The van der Waals surface area contributed by atoms with Gasteiger partial charge >= 0.3 is 0 Å². The van der Waals surface area contributed by atoms with Gasteiger partial charge < -0.3 is 18.9 Å². The Morgan fingerprint density at radius 1 is 1.03 bits per heavy atom. The lowest BCUT2D eigenvalue weighted by atomic mass is 10.1. The van der Waals surface area contributed by atoms with E-state index in [-0.39, 0.29) is 12.5 Å². The van der Waals surface area contributed by atoms with E-state index in [0.717, 1.165) is 36.7 Å². The van der Waals surface area contributed by atoms with Gasteiger partial charge in [0, 0.05) is 32.7 Å². The minimum absolute atomic E-state index is 0.101. The van der Waals surface area contributed by atoms with E-state index in [2.05, 4.69) is 35.2 Å². The van der Waals surface area contributed by atoms with Crippen molar-refractivity contribution in [3.05, 3.63) is 76.2 Å². The lowest BCUT2D eigenvalue weighted by Gasteiger charge is -2.34. The fourth-order valence-electron chi connectivity index (χ4n) is 4.01. The van der Waals surface area contributed by atoms with Crippen LogP contribution in [0.3, 0.4) is 0 Å². The smallest absolute Gasteiger partial charge is 0.276 e. The molecule has 1 aliphatic rings. The fraction of sp³-hybridized carbons (Fsp3) is 0.385. The number of hydrogen-bond donors (Lipinski definition) is 0. The van der Waals surface area contributed by atoms with Crippen molar-refractivity contribution in [3.63, 3.8) is 0 Å². The van der Waals surface area contributed by atoms with Gasteiger partial charge in [-0.3, -0.25) is 9.69 Å². The van der Waals surface area contributed by atoms with Crippen molar-refractivity contribution in [2.24, 2.45) is 0 Å². The van der Waals surface area contributed by atoms with Gasteiger partial charge in [-0.15, -0.1) is 0 Å². The molecule has 0 radical (unpaired) electrons. The van der Waals surface area contributed by atoms with Gasteiger partial charge in [-0.2, -0.15) is 0 Å². The van der Waals surface area contributed by atoms with Crippen LogP contribution in [0.25, 0.3) is 0 Å². The summed E-state index contributed by atoms with van der Waals surface area (Å²) < 4.78 is 16.6. The van der Waals surface area contributed by atoms with Crippen molar-refractivity contribution < 1.29 is 18.8 Å². The highest BCUT2D eigenvalue weighted by molar-refractivity contribution is 5.93. The lowest BCUT2D eigenvalue weighted by molar-refractivity contribution is 0.0616. The first-order valence-corrected chi connectivity index (χ1v) is 11.2. The van der Waals surface area contributed by atoms with Crippen molar-refractivity contribution in [2.75, 3.05) is 33.3 Å². The van der Waals surface area contributed by atoms with Crippen LogP contribution in [0.2, 0.25) is 0 Å². The van der Waals surface area contributed by atoms with E-state index in [4.69, 9.17) is 14.0 Å². The largest absolute Gasteiger partial charge is 0.497 e. The molecule has 0 unspecified atom stereocenters. The van der Waals surface area contributed by atoms with Crippen LogP contribution >= 0.6 is 0 Å². The first kappa shape index (κ1) is 22.9. The summed E-state index contributed by atoms with van der Waals surface area (Å²) in [6.07, 6.45) is 0. The Hall–Kier alpha value is -3.32. The average Bonchev–Trinajstić information content (AvgIpc) is 3.20. The molecule has 7 heteroatoms. The number of aryl methyl sites for hydroxylation is 2. The van der Waals surface area contributed by atoms with E-state index in [1.54, 1.807) is 7.11 Å². The predicted octanol–water partition coefficient (Wildman–Crippen LogP) is 4.15. The standard InChI is InChI=1S/C26H31N3O4/c1-18-6-5-7-24(19(18)2)32-17-23-20(3)33-27-25(23)26(30)29-14-12-28(13-15-29)16-21-8-10-22(31-4)11-9-21/h5-11H,12-17H2,1-4H3. The number of amides is 1. The summed E-state index contributed by atoms with van der Waals surface area (Å²) in [6.45, 7) is 9.92. The molecule has 2 aromatic carbocycles. The summed E-state index contributed by atoms with van der Waals surface area (Å²) in [6, 6.07) is 14.1. The topological polar surface area (TPSA) is 68.0 Å². The van der Waals surface area contributed by atoms with Gasteiger partial charge in [0.1, 0.15) is 23.9 Å². The Balaban J connectivity index is 1.36. The number of benzene rings is 2. The quantitative estimate of drug-likeness (QED) is 0.540. The third-order valence-electron chi connectivity index (χ3n) is 6.34. The summed E-state index contributed by atoms with van der Waals surface area (Å²) in [4.78, 5) is 17.4. The van der Waals surface area contributed by atoms with Gasteiger partial charge in [0.15, 0.2) is 5.69 Å². The number of nitrogens with zero attached hydrogens (tertiary/aromatic N) is 3. The van der Waals surface area contributed by atoms with E-state index >= 15 is 0 Å². The Bertz CT molecular complexity index is 1100. The molecule has 1 aromatic heterocycles. The van der Waals surface area contributed by atoms with Crippen LogP contribution in [0.4, 0.5) is 0 Å². The predicted molar refractivity (Wildman–Crippen MR) is 126 cm³/mol. The van der Waals surface area contributed by atoms with E-state index in [1.165, 1.54) is 11.1 Å². The summed E-state index contributed by atoms with van der Waals surface area (Å²) >= 11 is 0. The van der Waals surface area contributed by atoms with Gasteiger partial charge in [0.2, 0.25) is 0 Å². The normalized spacial score (nSPS) is 14.4. The molecule has 7 nitrogen and oxygen atoms in total. The molecule has 0 bridgehead atoms. The van der Waals surface area contributed by atoms with Crippen molar-refractivity contribution in [3.8, 4) is 11.5 Å². The average molecular weight is 450 g/mol. The second-order valence-electron chi connectivity index (χ2n) is 8.47. The highest BCUT2D eigenvalue weighted by Crippen LogP contribution is 2.24. The Kier molecular flexibility index (Phi) is 6.99. The van der Waals surface area contributed by atoms with E-state index in [9.17, 15) is 4.79 Å². The molecule has 1 saturated heterocycles. The van der Waals surface area contributed by atoms with Crippen molar-refractivity contribution in [2.45, 2.75) is 33.9 Å². The second kappa shape index (κ2) is 10.1. The van der Waals surface area contributed by atoms with Gasteiger partial charge in [0.25, 0.3) is 5.91 Å². The van der Waals surface area contributed by atoms with Crippen LogP contribution in [-0.4, -0.2) is 54.2 Å². The zero-order valence-corrected chi connectivity index (χ0v) is 19.8. The molecule has 1 aliphatic heterocycles. The second-order valence-corrected chi connectivity index (χ2v) is 8.47. The van der Waals surface area contributed by atoms with Gasteiger partial charge in [-0.1, -0.05) is 29.4 Å². The number of carbonyl (C=O) groups is 1. The van der Waals surface area contributed by atoms with E-state index in [1.807, 2.05) is 43.0 Å². The number of carbonyl (C=O) groups excluding carboxylic acids is 1. The number of piperazine rings is 1. The highest BCUT2D eigenvalue weighted by Gasteiger charge is 2.28. The molecule has 1 fully saturated rings. The molecule has 4 rings (SSSR count). The summed E-state index contributed by atoms with van der Waals surface area (Å²) in [7, 11) is 1.67. The molecule has 0 atom stereocenters. The number of aromatic nitrogens is 1. The van der Waals surface area contributed by atoms with Crippen LogP contribution < -0.4 is 9.47 Å². The maximum absolute atomic E-state index is 13.2. The number of rotatable bonds is 7. The molecule has 1 amide bonds. The Morgan fingerprint density at radius 2 is 1.76 bits per heavy atom. The van der Waals surface area contributed by atoms with Gasteiger partial charge in [-0.05, 0) is 55.7 Å². The summed E-state index contributed by atoms with van der Waals surface area (Å²) in [5, 5.41) is 4.07. The SMILES string of the molecule is COc1ccc(CN2CCN(C(=O)c3noc(C)c3COc3cccc(C)c3C)CC2)cc1. The molecular formula is C26H31N3O4. The minimum Gasteiger partial charge on any atom is -0.497 e. The molecule has 174 valence electrons. The van der Waals surface area contributed by atoms with Crippen LogP contribution in [0.15, 0.2) is 47.0 Å². The van der Waals surface area contributed by atoms with Crippen LogP contribution in [0, 0.1) is 20.8 Å². The molecule has 2 heterocycles. The first-order valence-electron chi connectivity index (χ1n) is 11.2. The molecule has 33 heavy (non-hydrogen) atoms. The maximum Gasteiger partial charge on any atom is 0.276 e. The lowest BCUT2D eigenvalue weighted by Crippen LogP contribution is -2.48. The number of hydrogen-bond acceptors (Lipinski definition) is 6. The first-order chi connectivity index (χ1) is 16.0. The molecule has 0 N–H and O–H groups in total. The molecule has 0 spiro atoms. The van der Waals surface area contributed by atoms with Crippen LogP contribution in [0.5, 0.6) is 11.5 Å². The number of ether oxygens (including phenoxy) is 2. The highest BCUT2D eigenvalue weighted by atomic mass is 16.5. The third-order valence-corrected chi connectivity index (χ3v) is 6.34. The number of methoxy groups -OCH3 is 1. The summed E-state index contributed by atoms with van der Waals surface area (Å²) in [5.74, 6) is 2.17. The van der Waals surface area contributed by atoms with E-state index in [0.29, 0.717) is 30.1 Å². The van der Waals surface area contributed by atoms with Crippen molar-refractivity contribution >= 4 is 5.91 Å². The molecule has 0 aliphatic carbocycles. The van der Waals surface area contributed by atoms with E-state index < -0.39 is 0 Å². The van der Waals surface area contributed by atoms with Gasteiger partial charge in [-0.25, -0.2) is 0 Å². The summed E-state index contributed by atoms with van der Waals surface area (Å²) in [5.41, 5.74) is 4.54. The monoisotopic (exact) mass is 449 g/mol. The van der Waals surface area contributed by atoms with Crippen molar-refractivity contribution in [1.82, 2.24) is 15.0 Å². The third kappa shape index (κ3) is 5.20. The van der Waals surface area contributed by atoms with Gasteiger partial charge in [0.05, 0.1) is 12.7 Å². The molecular weight excluding hydrogens is 418 g/mol. The Labute approximate surface area is 194 Å². The Morgan fingerprint density at radius 3 is 2.45 bits per heavy atom.